The Bertz CT molecular complexity index is 481. The summed E-state index contributed by atoms with van der Waals surface area (Å²) in [6.07, 6.45) is 6.02. The molecule has 9 heteroatoms. The number of amidine groups is 1. The minimum Gasteiger partial charge on any atom is -0.409 e. The van der Waals surface area contributed by atoms with Crippen LogP contribution in [0, 0.1) is 0 Å². The van der Waals surface area contributed by atoms with Crippen LogP contribution < -0.4 is 5.73 Å². The van der Waals surface area contributed by atoms with E-state index in [-0.39, 0.29) is 5.84 Å². The maximum absolute atomic E-state index is 12.6. The van der Waals surface area contributed by atoms with Crippen LogP contribution in [0.3, 0.4) is 0 Å². The van der Waals surface area contributed by atoms with Gasteiger partial charge in [0.15, 0.2) is 5.84 Å². The van der Waals surface area contributed by atoms with Crippen molar-refractivity contribution in [1.82, 2.24) is 8.61 Å². The van der Waals surface area contributed by atoms with Gasteiger partial charge in [0.25, 0.3) is 10.2 Å². The molecule has 0 amide bonds. The summed E-state index contributed by atoms with van der Waals surface area (Å²) in [6.45, 7) is 2.06. The first-order chi connectivity index (χ1) is 9.96. The van der Waals surface area contributed by atoms with Crippen molar-refractivity contribution < 1.29 is 13.6 Å². The molecule has 2 aliphatic rings. The number of hydrogen-bond acceptors (Lipinski definition) is 5. The Morgan fingerprint density at radius 2 is 1.67 bits per heavy atom. The smallest absolute Gasteiger partial charge is 0.281 e. The predicted molar refractivity (Wildman–Crippen MR) is 84.8 cm³/mol. The Labute approximate surface area is 130 Å². The second-order valence-corrected chi connectivity index (χ2v) is 8.67. The third kappa shape index (κ3) is 3.30. The molecule has 2 rings (SSSR count). The summed E-state index contributed by atoms with van der Waals surface area (Å²) < 4.78 is 27.9. The predicted octanol–water partition coefficient (Wildman–Crippen LogP) is 0.661. The molecule has 0 unspecified atom stereocenters. The van der Waals surface area contributed by atoms with E-state index in [2.05, 4.69) is 5.16 Å². The Morgan fingerprint density at radius 3 is 2.14 bits per heavy atom. The van der Waals surface area contributed by atoms with Gasteiger partial charge in [0.05, 0.1) is 4.75 Å². The van der Waals surface area contributed by atoms with Crippen molar-refractivity contribution >= 4 is 27.8 Å². The first kappa shape index (κ1) is 16.9. The standard InChI is InChI=1S/C12H24N4O3S2/c1-20-12(11(13)14-17)5-9-16(10-6-12)21(18,19)15-7-3-2-4-8-15/h17H,2-10H2,1H3,(H2,13,14). The highest BCUT2D eigenvalue weighted by Crippen LogP contribution is 2.36. The highest BCUT2D eigenvalue weighted by atomic mass is 32.2. The van der Waals surface area contributed by atoms with Crippen molar-refractivity contribution in [1.29, 1.82) is 0 Å². The SMILES string of the molecule is CSC1(C(N)=NO)CCN(S(=O)(=O)N2CCCCC2)CC1. The highest BCUT2D eigenvalue weighted by Gasteiger charge is 2.42. The third-order valence-electron chi connectivity index (χ3n) is 4.46. The van der Waals surface area contributed by atoms with Crippen LogP contribution in [0.4, 0.5) is 0 Å². The molecule has 2 aliphatic heterocycles. The quantitative estimate of drug-likeness (QED) is 0.340. The number of rotatable bonds is 4. The number of thioether (sulfide) groups is 1. The number of hydrogen-bond donors (Lipinski definition) is 2. The lowest BCUT2D eigenvalue weighted by molar-refractivity contribution is 0.271. The van der Waals surface area contributed by atoms with Crippen LogP contribution in [0.25, 0.3) is 0 Å². The van der Waals surface area contributed by atoms with E-state index in [0.717, 1.165) is 19.3 Å². The van der Waals surface area contributed by atoms with Crippen LogP contribution >= 0.6 is 11.8 Å². The summed E-state index contributed by atoms with van der Waals surface area (Å²) >= 11 is 1.52. The lowest BCUT2D eigenvalue weighted by Gasteiger charge is -2.41. The molecule has 0 atom stereocenters. The van der Waals surface area contributed by atoms with E-state index < -0.39 is 15.0 Å². The Balaban J connectivity index is 2.06. The Morgan fingerprint density at radius 1 is 1.14 bits per heavy atom. The molecule has 122 valence electrons. The van der Waals surface area contributed by atoms with Crippen molar-refractivity contribution in [3.05, 3.63) is 0 Å². The van der Waals surface area contributed by atoms with Crippen LogP contribution in [0.15, 0.2) is 5.16 Å². The molecule has 0 aromatic heterocycles. The van der Waals surface area contributed by atoms with E-state index in [1.54, 1.807) is 4.31 Å². The van der Waals surface area contributed by atoms with Crippen molar-refractivity contribution in [3.63, 3.8) is 0 Å². The first-order valence-electron chi connectivity index (χ1n) is 7.25. The normalized spacial score (nSPS) is 25.9. The van der Waals surface area contributed by atoms with Gasteiger partial charge in [-0.25, -0.2) is 0 Å². The van der Waals surface area contributed by atoms with Crippen LogP contribution in [-0.2, 0) is 10.2 Å². The van der Waals surface area contributed by atoms with Gasteiger partial charge in [-0.2, -0.15) is 28.8 Å². The van der Waals surface area contributed by atoms with Gasteiger partial charge in [-0.3, -0.25) is 0 Å². The lowest BCUT2D eigenvalue weighted by atomic mass is 9.96. The summed E-state index contributed by atoms with van der Waals surface area (Å²) in [6, 6.07) is 0. The molecule has 2 heterocycles. The van der Waals surface area contributed by atoms with Crippen molar-refractivity contribution in [3.8, 4) is 0 Å². The van der Waals surface area contributed by atoms with E-state index in [1.807, 2.05) is 6.26 Å². The second-order valence-electron chi connectivity index (χ2n) is 5.55. The van der Waals surface area contributed by atoms with Crippen molar-refractivity contribution in [2.45, 2.75) is 36.9 Å². The molecular weight excluding hydrogens is 312 g/mol. The molecule has 0 spiro atoms. The fourth-order valence-electron chi connectivity index (χ4n) is 2.99. The number of nitrogens with zero attached hydrogens (tertiary/aromatic N) is 3. The number of nitrogens with two attached hydrogens (primary N) is 1. The van der Waals surface area contributed by atoms with Gasteiger partial charge < -0.3 is 10.9 Å². The molecule has 7 nitrogen and oxygen atoms in total. The zero-order chi connectivity index (χ0) is 15.5. The van der Waals surface area contributed by atoms with Gasteiger partial charge >= 0.3 is 0 Å². The van der Waals surface area contributed by atoms with Crippen molar-refractivity contribution in [2.24, 2.45) is 10.9 Å². The Kier molecular flexibility index (Phi) is 5.39. The minimum absolute atomic E-state index is 0.185. The third-order valence-corrected chi connectivity index (χ3v) is 7.90. The van der Waals surface area contributed by atoms with Gasteiger partial charge in [-0.15, -0.1) is 0 Å². The van der Waals surface area contributed by atoms with Gasteiger partial charge in [0.2, 0.25) is 0 Å². The van der Waals surface area contributed by atoms with Gasteiger partial charge in [0, 0.05) is 26.2 Å². The largest absolute Gasteiger partial charge is 0.409 e. The number of oxime groups is 1. The molecule has 0 aromatic rings. The van der Waals surface area contributed by atoms with Gasteiger partial charge in [0.1, 0.15) is 0 Å². The second kappa shape index (κ2) is 6.72. The van der Waals surface area contributed by atoms with E-state index in [4.69, 9.17) is 10.9 Å². The number of piperidine rings is 2. The zero-order valence-electron chi connectivity index (χ0n) is 12.4. The van der Waals surface area contributed by atoms with E-state index in [9.17, 15) is 8.42 Å². The summed E-state index contributed by atoms with van der Waals surface area (Å²) in [5.74, 6) is 0.185. The summed E-state index contributed by atoms with van der Waals surface area (Å²) in [7, 11) is -3.36. The van der Waals surface area contributed by atoms with Crippen LogP contribution in [0.2, 0.25) is 0 Å². The molecule has 0 bridgehead atoms. The van der Waals surface area contributed by atoms with E-state index >= 15 is 0 Å². The van der Waals surface area contributed by atoms with Crippen LogP contribution in [0.5, 0.6) is 0 Å². The molecular formula is C12H24N4O3S2. The van der Waals surface area contributed by atoms with Gasteiger partial charge in [-0.1, -0.05) is 11.6 Å². The Hall–Kier alpha value is -0.510. The summed E-state index contributed by atoms with van der Waals surface area (Å²) in [5.41, 5.74) is 5.79. The topological polar surface area (TPSA) is 99.2 Å². The van der Waals surface area contributed by atoms with Gasteiger partial charge in [-0.05, 0) is 31.9 Å². The molecule has 0 saturated carbocycles. The van der Waals surface area contributed by atoms with E-state index in [0.29, 0.717) is 39.0 Å². The van der Waals surface area contributed by atoms with E-state index in [1.165, 1.54) is 16.1 Å². The maximum atomic E-state index is 12.6. The molecule has 0 aliphatic carbocycles. The minimum atomic E-state index is -3.36. The summed E-state index contributed by atoms with van der Waals surface area (Å²) in [5, 5.41) is 12.0. The van der Waals surface area contributed by atoms with Crippen LogP contribution in [0.1, 0.15) is 32.1 Å². The molecule has 3 N–H and O–H groups in total. The van der Waals surface area contributed by atoms with Crippen molar-refractivity contribution in [2.75, 3.05) is 32.4 Å². The molecule has 0 aromatic carbocycles. The first-order valence-corrected chi connectivity index (χ1v) is 9.87. The average Bonchev–Trinajstić information content (AvgIpc) is 2.54. The molecule has 21 heavy (non-hydrogen) atoms. The summed E-state index contributed by atoms with van der Waals surface area (Å²) in [4.78, 5) is 0. The molecule has 2 saturated heterocycles. The van der Waals surface area contributed by atoms with Crippen LogP contribution in [-0.4, -0.2) is 65.3 Å². The molecule has 2 fully saturated rings. The molecule has 0 radical (unpaired) electrons. The fourth-order valence-corrected chi connectivity index (χ4v) is 5.52. The fraction of sp³-hybridized carbons (Fsp3) is 0.917. The lowest BCUT2D eigenvalue weighted by Crippen LogP contribution is -2.54. The average molecular weight is 336 g/mol. The zero-order valence-corrected chi connectivity index (χ0v) is 14.0. The maximum Gasteiger partial charge on any atom is 0.281 e. The highest BCUT2D eigenvalue weighted by molar-refractivity contribution is 8.00. The monoisotopic (exact) mass is 336 g/mol.